The number of ether oxygens (including phenoxy) is 1. The van der Waals surface area contributed by atoms with Crippen molar-refractivity contribution in [1.29, 1.82) is 0 Å². The summed E-state index contributed by atoms with van der Waals surface area (Å²) in [4.78, 5) is 11.1. The van der Waals surface area contributed by atoms with Crippen LogP contribution < -0.4 is 11.1 Å². The van der Waals surface area contributed by atoms with Crippen LogP contribution in [0.25, 0.3) is 0 Å². The molecule has 0 aliphatic heterocycles. The molecule has 1 rings (SSSR count). The fourth-order valence-electron chi connectivity index (χ4n) is 1.33. The maximum Gasteiger partial charge on any atom is 0.319 e. The first-order valence-corrected chi connectivity index (χ1v) is 6.39. The SMILES string of the molecule is CCOC(=O)CNCc1c(N)cc(Cl)c(Cl)c1Cl. The highest BCUT2D eigenvalue weighted by Gasteiger charge is 2.13. The van der Waals surface area contributed by atoms with Gasteiger partial charge in [-0.3, -0.25) is 4.79 Å². The average Bonchev–Trinajstić information content (AvgIpc) is 2.31. The number of nitrogen functional groups attached to an aromatic ring is 1. The molecule has 0 radical (unpaired) electrons. The van der Waals surface area contributed by atoms with Crippen LogP contribution in [0.4, 0.5) is 5.69 Å². The Bertz CT molecular complexity index is 452. The smallest absolute Gasteiger partial charge is 0.319 e. The van der Waals surface area contributed by atoms with Gasteiger partial charge in [0.15, 0.2) is 0 Å². The number of nitrogens with one attached hydrogen (secondary N) is 1. The largest absolute Gasteiger partial charge is 0.465 e. The number of hydrogen-bond acceptors (Lipinski definition) is 4. The number of carbonyl (C=O) groups excluding carboxylic acids is 1. The van der Waals surface area contributed by atoms with Crippen molar-refractivity contribution in [3.8, 4) is 0 Å². The third-order valence-corrected chi connectivity index (χ3v) is 3.48. The summed E-state index contributed by atoms with van der Waals surface area (Å²) in [5, 5.41) is 3.71. The van der Waals surface area contributed by atoms with Gasteiger partial charge in [-0.2, -0.15) is 0 Å². The third-order valence-electron chi connectivity index (χ3n) is 2.17. The molecule has 18 heavy (non-hydrogen) atoms. The molecule has 4 nitrogen and oxygen atoms in total. The molecule has 0 heterocycles. The summed E-state index contributed by atoms with van der Waals surface area (Å²) >= 11 is 17.8. The molecule has 7 heteroatoms. The van der Waals surface area contributed by atoms with Gasteiger partial charge in [0.05, 0.1) is 28.2 Å². The Labute approximate surface area is 120 Å². The number of benzene rings is 1. The first kappa shape index (κ1) is 15.4. The number of rotatable bonds is 5. The molecule has 0 bridgehead atoms. The van der Waals surface area contributed by atoms with Gasteiger partial charge in [0.1, 0.15) is 0 Å². The molecule has 0 spiro atoms. The number of esters is 1. The summed E-state index contributed by atoms with van der Waals surface area (Å²) in [5.41, 5.74) is 6.81. The third kappa shape index (κ3) is 3.92. The fourth-order valence-corrected chi connectivity index (χ4v) is 2.04. The topological polar surface area (TPSA) is 64.3 Å². The van der Waals surface area contributed by atoms with Gasteiger partial charge in [-0.05, 0) is 13.0 Å². The van der Waals surface area contributed by atoms with E-state index in [2.05, 4.69) is 5.32 Å². The highest BCUT2D eigenvalue weighted by Crippen LogP contribution is 2.36. The lowest BCUT2D eigenvalue weighted by molar-refractivity contribution is -0.142. The molecule has 0 aliphatic rings. The molecule has 0 aliphatic carbocycles. The van der Waals surface area contributed by atoms with Crippen LogP contribution in [0.1, 0.15) is 12.5 Å². The molecular weight excluding hydrogens is 298 g/mol. The second kappa shape index (κ2) is 7.04. The summed E-state index contributed by atoms with van der Waals surface area (Å²) in [6.07, 6.45) is 0. The minimum Gasteiger partial charge on any atom is -0.465 e. The first-order valence-electron chi connectivity index (χ1n) is 5.25. The minimum absolute atomic E-state index is 0.0733. The van der Waals surface area contributed by atoms with E-state index in [0.29, 0.717) is 29.4 Å². The van der Waals surface area contributed by atoms with E-state index in [1.807, 2.05) is 0 Å². The molecule has 0 saturated heterocycles. The van der Waals surface area contributed by atoms with Gasteiger partial charge in [-0.1, -0.05) is 34.8 Å². The van der Waals surface area contributed by atoms with Crippen LogP contribution in [-0.2, 0) is 16.1 Å². The van der Waals surface area contributed by atoms with E-state index in [-0.39, 0.29) is 22.6 Å². The molecule has 3 N–H and O–H groups in total. The average molecular weight is 312 g/mol. The van der Waals surface area contributed by atoms with Gasteiger partial charge in [-0.25, -0.2) is 0 Å². The second-order valence-corrected chi connectivity index (χ2v) is 4.63. The van der Waals surface area contributed by atoms with E-state index in [1.54, 1.807) is 6.92 Å². The highest BCUT2D eigenvalue weighted by molar-refractivity contribution is 6.48. The van der Waals surface area contributed by atoms with Crippen molar-refractivity contribution in [3.05, 3.63) is 26.7 Å². The first-order chi connectivity index (χ1) is 8.47. The zero-order valence-corrected chi connectivity index (χ0v) is 12.0. The maximum atomic E-state index is 11.1. The lowest BCUT2D eigenvalue weighted by Gasteiger charge is -2.11. The van der Waals surface area contributed by atoms with Crippen LogP contribution in [0.2, 0.25) is 15.1 Å². The minimum atomic E-state index is -0.341. The van der Waals surface area contributed by atoms with Gasteiger partial charge in [-0.15, -0.1) is 0 Å². The highest BCUT2D eigenvalue weighted by atomic mass is 35.5. The van der Waals surface area contributed by atoms with Gasteiger partial charge in [0.25, 0.3) is 0 Å². The Morgan fingerprint density at radius 2 is 2.06 bits per heavy atom. The van der Waals surface area contributed by atoms with Crippen molar-refractivity contribution in [2.75, 3.05) is 18.9 Å². The van der Waals surface area contributed by atoms with Crippen LogP contribution in [0.3, 0.4) is 0 Å². The molecular formula is C11H13Cl3N2O2. The molecule has 0 unspecified atom stereocenters. The predicted molar refractivity (Wildman–Crippen MR) is 74.2 cm³/mol. The molecule has 0 aromatic heterocycles. The monoisotopic (exact) mass is 310 g/mol. The quantitative estimate of drug-likeness (QED) is 0.498. The van der Waals surface area contributed by atoms with E-state index in [4.69, 9.17) is 45.3 Å². The molecule has 1 aromatic carbocycles. The molecule has 1 aromatic rings. The Morgan fingerprint density at radius 3 is 2.67 bits per heavy atom. The molecule has 0 atom stereocenters. The van der Waals surface area contributed by atoms with E-state index in [1.165, 1.54) is 6.07 Å². The lowest BCUT2D eigenvalue weighted by Crippen LogP contribution is -2.24. The van der Waals surface area contributed by atoms with Gasteiger partial charge in [0, 0.05) is 17.8 Å². The van der Waals surface area contributed by atoms with E-state index in [9.17, 15) is 4.79 Å². The molecule has 0 fully saturated rings. The van der Waals surface area contributed by atoms with Crippen molar-refractivity contribution in [1.82, 2.24) is 5.32 Å². The number of carbonyl (C=O) groups is 1. The van der Waals surface area contributed by atoms with Crippen LogP contribution >= 0.6 is 34.8 Å². The van der Waals surface area contributed by atoms with Gasteiger partial charge < -0.3 is 15.8 Å². The molecule has 0 saturated carbocycles. The number of anilines is 1. The van der Waals surface area contributed by atoms with Crippen molar-refractivity contribution in [2.24, 2.45) is 0 Å². The Hall–Kier alpha value is -0.680. The van der Waals surface area contributed by atoms with Crippen LogP contribution in [0, 0.1) is 0 Å². The van der Waals surface area contributed by atoms with Gasteiger partial charge >= 0.3 is 5.97 Å². The standard InChI is InChI=1S/C11H13Cl3N2O2/c1-2-18-9(17)5-16-4-6-8(15)3-7(12)11(14)10(6)13/h3,16H,2,4-5,15H2,1H3. The van der Waals surface area contributed by atoms with Crippen LogP contribution in [-0.4, -0.2) is 19.1 Å². The number of nitrogens with two attached hydrogens (primary N) is 1. The number of halogens is 3. The lowest BCUT2D eigenvalue weighted by atomic mass is 10.2. The normalized spacial score (nSPS) is 10.4. The molecule has 0 amide bonds. The van der Waals surface area contributed by atoms with Gasteiger partial charge in [0.2, 0.25) is 0 Å². The zero-order valence-electron chi connectivity index (χ0n) is 9.73. The Morgan fingerprint density at radius 1 is 1.39 bits per heavy atom. The summed E-state index contributed by atoms with van der Waals surface area (Å²) in [5.74, 6) is -0.341. The van der Waals surface area contributed by atoms with Crippen molar-refractivity contribution >= 4 is 46.5 Å². The Balaban J connectivity index is 2.68. The van der Waals surface area contributed by atoms with Crippen molar-refractivity contribution in [3.63, 3.8) is 0 Å². The van der Waals surface area contributed by atoms with Crippen LogP contribution in [0.5, 0.6) is 0 Å². The molecule has 100 valence electrons. The fraction of sp³-hybridized carbons (Fsp3) is 0.364. The van der Waals surface area contributed by atoms with E-state index >= 15 is 0 Å². The van der Waals surface area contributed by atoms with E-state index in [0.717, 1.165) is 0 Å². The van der Waals surface area contributed by atoms with Crippen molar-refractivity contribution in [2.45, 2.75) is 13.5 Å². The summed E-state index contributed by atoms with van der Waals surface area (Å²) in [6.45, 7) is 2.46. The van der Waals surface area contributed by atoms with Crippen LogP contribution in [0.15, 0.2) is 6.07 Å². The Kier molecular flexibility index (Phi) is 6.02. The second-order valence-electron chi connectivity index (χ2n) is 3.46. The maximum absolute atomic E-state index is 11.1. The zero-order chi connectivity index (χ0) is 13.7. The van der Waals surface area contributed by atoms with Crippen molar-refractivity contribution < 1.29 is 9.53 Å². The summed E-state index contributed by atoms with van der Waals surface area (Å²) in [7, 11) is 0. The predicted octanol–water partition coefficient (Wildman–Crippen LogP) is 2.88. The van der Waals surface area contributed by atoms with E-state index < -0.39 is 0 Å². The summed E-state index contributed by atoms with van der Waals surface area (Å²) in [6, 6.07) is 1.52. The number of hydrogen-bond donors (Lipinski definition) is 2. The summed E-state index contributed by atoms with van der Waals surface area (Å²) < 4.78 is 4.77.